The van der Waals surface area contributed by atoms with Gasteiger partial charge in [0.1, 0.15) is 5.75 Å². The summed E-state index contributed by atoms with van der Waals surface area (Å²) in [5.41, 5.74) is 7.23. The zero-order chi connectivity index (χ0) is 15.2. The highest BCUT2D eigenvalue weighted by molar-refractivity contribution is 5.97. The molecule has 21 heavy (non-hydrogen) atoms. The molecule has 2 rings (SSSR count). The Morgan fingerprint density at radius 3 is 2.90 bits per heavy atom. The zero-order valence-electron chi connectivity index (χ0n) is 12.2. The van der Waals surface area contributed by atoms with Crippen molar-refractivity contribution >= 4 is 5.84 Å². The highest BCUT2D eigenvalue weighted by Crippen LogP contribution is 2.25. The van der Waals surface area contributed by atoms with Gasteiger partial charge in [0, 0.05) is 17.7 Å². The number of aliphatic hydroxyl groups is 1. The van der Waals surface area contributed by atoms with Gasteiger partial charge >= 0.3 is 0 Å². The minimum absolute atomic E-state index is 0.0813. The number of hydrogen-bond donors (Lipinski definition) is 4. The first-order valence-corrected chi connectivity index (χ1v) is 7.17. The summed E-state index contributed by atoms with van der Waals surface area (Å²) in [7, 11) is 1.62. The van der Waals surface area contributed by atoms with Crippen LogP contribution in [0, 0.1) is 5.92 Å². The van der Waals surface area contributed by atoms with Crippen molar-refractivity contribution in [1.82, 2.24) is 5.32 Å². The maximum atomic E-state index is 9.52. The van der Waals surface area contributed by atoms with Crippen LogP contribution in [0.4, 0.5) is 0 Å². The second-order valence-corrected chi connectivity index (χ2v) is 5.48. The molecule has 6 nitrogen and oxygen atoms in total. The molecule has 0 saturated heterocycles. The van der Waals surface area contributed by atoms with E-state index in [4.69, 9.17) is 15.7 Å². The lowest BCUT2D eigenvalue weighted by atomic mass is 10.1. The van der Waals surface area contributed by atoms with Gasteiger partial charge in [-0.25, -0.2) is 0 Å². The molecule has 6 heteroatoms. The number of rotatable bonds is 6. The van der Waals surface area contributed by atoms with Gasteiger partial charge in [-0.05, 0) is 49.9 Å². The van der Waals surface area contributed by atoms with Crippen molar-refractivity contribution in [1.29, 1.82) is 0 Å². The number of hydrogen-bond acceptors (Lipinski definition) is 5. The summed E-state index contributed by atoms with van der Waals surface area (Å²) in [6.45, 7) is 1.51. The van der Waals surface area contributed by atoms with E-state index in [0.29, 0.717) is 18.0 Å². The summed E-state index contributed by atoms with van der Waals surface area (Å²) in [5, 5.41) is 24.7. The fourth-order valence-electron chi connectivity index (χ4n) is 2.78. The Balaban J connectivity index is 1.97. The van der Waals surface area contributed by atoms with Gasteiger partial charge in [-0.3, -0.25) is 0 Å². The van der Waals surface area contributed by atoms with E-state index in [9.17, 15) is 5.11 Å². The van der Waals surface area contributed by atoms with Crippen LogP contribution < -0.4 is 15.8 Å². The standard InChI is InChI=1S/C15H23N3O3/c1-21-14-5-3-11(15(16)18-20)7-12(14)9-17-8-10-2-4-13(19)6-10/h3,5,7,10,13,17,19-20H,2,4,6,8-9H2,1H3,(H2,16,18). The van der Waals surface area contributed by atoms with Gasteiger partial charge in [-0.15, -0.1) is 0 Å². The number of oxime groups is 1. The quantitative estimate of drug-likeness (QED) is 0.272. The molecule has 116 valence electrons. The van der Waals surface area contributed by atoms with E-state index in [1.54, 1.807) is 13.2 Å². The Labute approximate surface area is 124 Å². The number of nitrogens with zero attached hydrogens (tertiary/aromatic N) is 1. The molecule has 1 aromatic carbocycles. The average Bonchev–Trinajstić information content (AvgIpc) is 2.91. The van der Waals surface area contributed by atoms with E-state index in [-0.39, 0.29) is 11.9 Å². The zero-order valence-corrected chi connectivity index (χ0v) is 12.2. The lowest BCUT2D eigenvalue weighted by Crippen LogP contribution is -2.22. The molecule has 1 aliphatic carbocycles. The van der Waals surface area contributed by atoms with Crippen molar-refractivity contribution in [2.24, 2.45) is 16.8 Å². The van der Waals surface area contributed by atoms with Crippen LogP contribution in [0.15, 0.2) is 23.4 Å². The maximum Gasteiger partial charge on any atom is 0.170 e. The predicted octanol–water partition coefficient (Wildman–Crippen LogP) is 1.04. The third-order valence-electron chi connectivity index (χ3n) is 3.95. The van der Waals surface area contributed by atoms with Gasteiger partial charge in [0.15, 0.2) is 5.84 Å². The SMILES string of the molecule is COc1ccc(/C(N)=N/O)cc1CNCC1CCC(O)C1. The van der Waals surface area contributed by atoms with Gasteiger partial charge in [-0.1, -0.05) is 5.16 Å². The van der Waals surface area contributed by atoms with Crippen molar-refractivity contribution in [3.8, 4) is 5.75 Å². The minimum atomic E-state index is -0.143. The van der Waals surface area contributed by atoms with Gasteiger partial charge < -0.3 is 26.1 Å². The van der Waals surface area contributed by atoms with Crippen LogP contribution in [0.1, 0.15) is 30.4 Å². The highest BCUT2D eigenvalue weighted by atomic mass is 16.5. The monoisotopic (exact) mass is 293 g/mol. The second-order valence-electron chi connectivity index (χ2n) is 5.48. The summed E-state index contributed by atoms with van der Waals surface area (Å²) >= 11 is 0. The van der Waals surface area contributed by atoms with Crippen molar-refractivity contribution in [2.75, 3.05) is 13.7 Å². The Bertz CT molecular complexity index is 505. The van der Waals surface area contributed by atoms with E-state index in [2.05, 4.69) is 10.5 Å². The first-order valence-electron chi connectivity index (χ1n) is 7.17. The third kappa shape index (κ3) is 4.09. The van der Waals surface area contributed by atoms with E-state index >= 15 is 0 Å². The molecule has 2 atom stereocenters. The molecule has 0 bridgehead atoms. The van der Waals surface area contributed by atoms with E-state index in [0.717, 1.165) is 37.1 Å². The van der Waals surface area contributed by atoms with Crippen molar-refractivity contribution in [2.45, 2.75) is 31.9 Å². The summed E-state index contributed by atoms with van der Waals surface area (Å²) in [6, 6.07) is 5.42. The van der Waals surface area contributed by atoms with E-state index < -0.39 is 0 Å². The Hall–Kier alpha value is -1.79. The molecule has 5 N–H and O–H groups in total. The lowest BCUT2D eigenvalue weighted by molar-refractivity contribution is 0.177. The molecule has 1 fully saturated rings. The molecule has 0 radical (unpaired) electrons. The van der Waals surface area contributed by atoms with Crippen molar-refractivity contribution < 1.29 is 15.1 Å². The Morgan fingerprint density at radius 1 is 1.48 bits per heavy atom. The van der Waals surface area contributed by atoms with Gasteiger partial charge in [0.25, 0.3) is 0 Å². The third-order valence-corrected chi connectivity index (χ3v) is 3.95. The van der Waals surface area contributed by atoms with E-state index in [1.165, 1.54) is 0 Å². The summed E-state index contributed by atoms with van der Waals surface area (Å²) in [4.78, 5) is 0. The lowest BCUT2D eigenvalue weighted by Gasteiger charge is -2.14. The summed E-state index contributed by atoms with van der Waals surface area (Å²) in [5.74, 6) is 1.37. The predicted molar refractivity (Wildman–Crippen MR) is 80.6 cm³/mol. The fraction of sp³-hybridized carbons (Fsp3) is 0.533. The molecule has 0 amide bonds. The fourth-order valence-corrected chi connectivity index (χ4v) is 2.78. The number of aliphatic hydroxyl groups excluding tert-OH is 1. The number of nitrogens with two attached hydrogens (primary N) is 1. The number of benzene rings is 1. The van der Waals surface area contributed by atoms with Crippen LogP contribution in [-0.2, 0) is 6.54 Å². The molecular weight excluding hydrogens is 270 g/mol. The Morgan fingerprint density at radius 2 is 2.29 bits per heavy atom. The number of nitrogens with one attached hydrogen (secondary N) is 1. The van der Waals surface area contributed by atoms with Crippen LogP contribution in [0.2, 0.25) is 0 Å². The van der Waals surface area contributed by atoms with Crippen molar-refractivity contribution in [3.05, 3.63) is 29.3 Å². The van der Waals surface area contributed by atoms with Crippen LogP contribution in [0.3, 0.4) is 0 Å². The van der Waals surface area contributed by atoms with Crippen LogP contribution >= 0.6 is 0 Å². The average molecular weight is 293 g/mol. The van der Waals surface area contributed by atoms with Gasteiger partial charge in [-0.2, -0.15) is 0 Å². The van der Waals surface area contributed by atoms with Gasteiger partial charge in [0.2, 0.25) is 0 Å². The Kier molecular flexibility index (Phi) is 5.41. The first kappa shape index (κ1) is 15.6. The topological polar surface area (TPSA) is 100 Å². The summed E-state index contributed by atoms with van der Waals surface area (Å²) < 4.78 is 5.33. The molecule has 2 unspecified atom stereocenters. The van der Waals surface area contributed by atoms with Crippen molar-refractivity contribution in [3.63, 3.8) is 0 Å². The number of ether oxygens (including phenoxy) is 1. The largest absolute Gasteiger partial charge is 0.496 e. The summed E-state index contributed by atoms with van der Waals surface area (Å²) in [6.07, 6.45) is 2.69. The normalized spacial score (nSPS) is 22.5. The minimum Gasteiger partial charge on any atom is -0.496 e. The molecule has 1 saturated carbocycles. The molecule has 0 heterocycles. The number of amidine groups is 1. The molecule has 0 aliphatic heterocycles. The molecular formula is C15H23N3O3. The molecule has 0 aromatic heterocycles. The van der Waals surface area contributed by atoms with Crippen LogP contribution in [0.5, 0.6) is 5.75 Å². The maximum absolute atomic E-state index is 9.52. The van der Waals surface area contributed by atoms with Crippen LogP contribution in [-0.4, -0.2) is 35.9 Å². The van der Waals surface area contributed by atoms with Gasteiger partial charge in [0.05, 0.1) is 13.2 Å². The molecule has 0 spiro atoms. The first-order chi connectivity index (χ1) is 10.1. The van der Waals surface area contributed by atoms with E-state index in [1.807, 2.05) is 12.1 Å². The highest BCUT2D eigenvalue weighted by Gasteiger charge is 2.22. The molecule has 1 aliphatic rings. The van der Waals surface area contributed by atoms with Crippen LogP contribution in [0.25, 0.3) is 0 Å². The smallest absolute Gasteiger partial charge is 0.170 e. The second kappa shape index (κ2) is 7.28. The molecule has 1 aromatic rings. The number of methoxy groups -OCH3 is 1.